The molecule has 9 heteroatoms. The number of alkyl halides is 3. The molecule has 0 aliphatic heterocycles. The Bertz CT molecular complexity index is 1210. The Kier molecular flexibility index (Phi) is 3.87. The van der Waals surface area contributed by atoms with Gasteiger partial charge in [-0.25, -0.2) is 0 Å². The molecule has 6 nitrogen and oxygen atoms in total. The van der Waals surface area contributed by atoms with Gasteiger partial charge in [-0.1, -0.05) is 24.3 Å². The van der Waals surface area contributed by atoms with Crippen molar-refractivity contribution in [3.05, 3.63) is 70.3 Å². The van der Waals surface area contributed by atoms with Crippen molar-refractivity contribution in [2.24, 2.45) is 7.05 Å². The largest absolute Gasteiger partial charge is 0.485 e. The molecule has 0 unspecified atom stereocenters. The van der Waals surface area contributed by atoms with E-state index in [0.29, 0.717) is 10.9 Å². The van der Waals surface area contributed by atoms with Crippen molar-refractivity contribution in [3.8, 4) is 5.75 Å². The Morgan fingerprint density at radius 1 is 1.04 bits per heavy atom. The number of rotatable bonds is 3. The first-order chi connectivity index (χ1) is 12.9. The third kappa shape index (κ3) is 2.80. The second-order valence-electron chi connectivity index (χ2n) is 5.92. The smallest absolute Gasteiger partial charge is 0.419 e. The van der Waals surface area contributed by atoms with Gasteiger partial charge in [0.2, 0.25) is 5.78 Å². The van der Waals surface area contributed by atoms with E-state index in [1.54, 1.807) is 35.7 Å². The first kappa shape index (κ1) is 17.1. The number of benzene rings is 2. The predicted octanol–water partition coefficient (Wildman–Crippen LogP) is 3.18. The minimum atomic E-state index is -4.53. The molecular formula is C18H13F3N4O2. The van der Waals surface area contributed by atoms with Crippen LogP contribution >= 0.6 is 0 Å². The van der Waals surface area contributed by atoms with Crippen molar-refractivity contribution in [2.75, 3.05) is 0 Å². The summed E-state index contributed by atoms with van der Waals surface area (Å²) in [5.74, 6) is 0.269. The van der Waals surface area contributed by atoms with Crippen LogP contribution in [0.25, 0.3) is 16.7 Å². The van der Waals surface area contributed by atoms with E-state index in [2.05, 4.69) is 10.2 Å². The molecule has 0 fully saturated rings. The molecule has 0 N–H and O–H groups in total. The SMILES string of the molecule is Cn1c(=O)c2ccccc2n2c(COc3ccccc3C(F)(F)F)nnc12. The van der Waals surface area contributed by atoms with E-state index in [-0.39, 0.29) is 29.5 Å². The monoisotopic (exact) mass is 374 g/mol. The number of aromatic nitrogens is 4. The normalized spacial score (nSPS) is 12.0. The van der Waals surface area contributed by atoms with Gasteiger partial charge in [0.15, 0.2) is 5.82 Å². The minimum Gasteiger partial charge on any atom is -0.485 e. The number of hydrogen-bond acceptors (Lipinski definition) is 4. The molecule has 0 atom stereocenters. The van der Waals surface area contributed by atoms with Crippen LogP contribution in [0.4, 0.5) is 13.2 Å². The Morgan fingerprint density at radius 2 is 1.74 bits per heavy atom. The maximum atomic E-state index is 13.1. The Hall–Kier alpha value is -3.36. The van der Waals surface area contributed by atoms with E-state index in [4.69, 9.17) is 4.74 Å². The van der Waals surface area contributed by atoms with Gasteiger partial charge < -0.3 is 4.74 Å². The van der Waals surface area contributed by atoms with Crippen LogP contribution in [0.5, 0.6) is 5.75 Å². The number of ether oxygens (including phenoxy) is 1. The maximum absolute atomic E-state index is 13.1. The highest BCUT2D eigenvalue weighted by molar-refractivity contribution is 5.80. The average molecular weight is 374 g/mol. The molecule has 0 saturated heterocycles. The van der Waals surface area contributed by atoms with Gasteiger partial charge in [0, 0.05) is 7.05 Å². The van der Waals surface area contributed by atoms with E-state index in [0.717, 1.165) is 6.07 Å². The molecule has 138 valence electrons. The molecule has 27 heavy (non-hydrogen) atoms. The zero-order valence-electron chi connectivity index (χ0n) is 14.1. The fraction of sp³-hybridized carbons (Fsp3) is 0.167. The molecule has 0 aliphatic rings. The topological polar surface area (TPSA) is 61.4 Å². The molecule has 0 radical (unpaired) electrons. The summed E-state index contributed by atoms with van der Waals surface area (Å²) in [5, 5.41) is 8.44. The van der Waals surface area contributed by atoms with Gasteiger partial charge in [0.1, 0.15) is 12.4 Å². The summed E-state index contributed by atoms with van der Waals surface area (Å²) in [5.41, 5.74) is -0.542. The van der Waals surface area contributed by atoms with Crippen LogP contribution < -0.4 is 10.3 Å². The second-order valence-corrected chi connectivity index (χ2v) is 5.92. The Labute approximate surface area is 150 Å². The zero-order chi connectivity index (χ0) is 19.2. The van der Waals surface area contributed by atoms with Crippen LogP contribution in [0.15, 0.2) is 53.3 Å². The average Bonchev–Trinajstić information content (AvgIpc) is 3.08. The molecular weight excluding hydrogens is 361 g/mol. The molecule has 4 rings (SSSR count). The van der Waals surface area contributed by atoms with Crippen LogP contribution in [0.2, 0.25) is 0 Å². The summed E-state index contributed by atoms with van der Waals surface area (Å²) in [6.45, 7) is -0.240. The summed E-state index contributed by atoms with van der Waals surface area (Å²) in [6.07, 6.45) is -4.53. The third-order valence-electron chi connectivity index (χ3n) is 4.24. The van der Waals surface area contributed by atoms with E-state index in [1.807, 2.05) is 0 Å². The standard InChI is InChI=1S/C18H13F3N4O2/c1-24-16(26)11-6-2-4-8-13(11)25-15(22-23-17(24)25)10-27-14-9-5-3-7-12(14)18(19,20)21/h2-9H,10H2,1H3. The summed E-state index contributed by atoms with van der Waals surface area (Å²) in [6, 6.07) is 11.8. The summed E-state index contributed by atoms with van der Waals surface area (Å²) in [4.78, 5) is 12.4. The fourth-order valence-electron chi connectivity index (χ4n) is 2.95. The van der Waals surface area contributed by atoms with Crippen molar-refractivity contribution < 1.29 is 17.9 Å². The fourth-order valence-corrected chi connectivity index (χ4v) is 2.95. The van der Waals surface area contributed by atoms with Crippen molar-refractivity contribution in [3.63, 3.8) is 0 Å². The second kappa shape index (κ2) is 6.11. The van der Waals surface area contributed by atoms with E-state index in [1.165, 1.54) is 22.8 Å². The minimum absolute atomic E-state index is 0.236. The van der Waals surface area contributed by atoms with Gasteiger partial charge in [-0.2, -0.15) is 13.2 Å². The van der Waals surface area contributed by atoms with Gasteiger partial charge in [-0.3, -0.25) is 13.8 Å². The molecule has 0 amide bonds. The highest BCUT2D eigenvalue weighted by atomic mass is 19.4. The van der Waals surface area contributed by atoms with Crippen molar-refractivity contribution in [1.82, 2.24) is 19.2 Å². The van der Waals surface area contributed by atoms with Gasteiger partial charge in [-0.05, 0) is 24.3 Å². The molecule has 0 saturated carbocycles. The summed E-state index contributed by atoms with van der Waals surface area (Å²) < 4.78 is 47.7. The summed E-state index contributed by atoms with van der Waals surface area (Å²) >= 11 is 0. The number of hydrogen-bond donors (Lipinski definition) is 0. The van der Waals surface area contributed by atoms with Gasteiger partial charge in [0.05, 0.1) is 16.5 Å². The van der Waals surface area contributed by atoms with E-state index >= 15 is 0 Å². The molecule has 4 aromatic rings. The Balaban J connectivity index is 1.80. The van der Waals surface area contributed by atoms with Crippen LogP contribution in [-0.2, 0) is 19.8 Å². The molecule has 2 heterocycles. The molecule has 2 aromatic carbocycles. The van der Waals surface area contributed by atoms with Crippen LogP contribution in [0.1, 0.15) is 11.4 Å². The molecule has 0 bridgehead atoms. The van der Waals surface area contributed by atoms with E-state index < -0.39 is 11.7 Å². The number of fused-ring (bicyclic) bond motifs is 3. The number of halogens is 3. The highest BCUT2D eigenvalue weighted by Crippen LogP contribution is 2.36. The van der Waals surface area contributed by atoms with Gasteiger partial charge in [-0.15, -0.1) is 10.2 Å². The number of nitrogens with zero attached hydrogens (tertiary/aromatic N) is 4. The molecule has 2 aromatic heterocycles. The van der Waals surface area contributed by atoms with Crippen molar-refractivity contribution >= 4 is 16.7 Å². The lowest BCUT2D eigenvalue weighted by Crippen LogP contribution is -2.20. The molecule has 0 aliphatic carbocycles. The predicted molar refractivity (Wildman–Crippen MR) is 91.5 cm³/mol. The van der Waals surface area contributed by atoms with Gasteiger partial charge >= 0.3 is 6.18 Å². The third-order valence-corrected chi connectivity index (χ3v) is 4.24. The summed E-state index contributed by atoms with van der Waals surface area (Å²) in [7, 11) is 1.56. The van der Waals surface area contributed by atoms with Crippen LogP contribution in [0.3, 0.4) is 0 Å². The highest BCUT2D eigenvalue weighted by Gasteiger charge is 2.34. The lowest BCUT2D eigenvalue weighted by Gasteiger charge is -2.13. The molecule has 0 spiro atoms. The number of aryl methyl sites for hydroxylation is 1. The van der Waals surface area contributed by atoms with Crippen molar-refractivity contribution in [2.45, 2.75) is 12.8 Å². The van der Waals surface area contributed by atoms with Crippen LogP contribution in [-0.4, -0.2) is 19.2 Å². The lowest BCUT2D eigenvalue weighted by atomic mass is 10.2. The first-order valence-electron chi connectivity index (χ1n) is 7.98. The quantitative estimate of drug-likeness (QED) is 0.553. The van der Waals surface area contributed by atoms with Crippen LogP contribution in [0, 0.1) is 0 Å². The number of para-hydroxylation sites is 2. The maximum Gasteiger partial charge on any atom is 0.419 e. The Morgan fingerprint density at radius 3 is 2.52 bits per heavy atom. The first-order valence-corrected chi connectivity index (χ1v) is 7.98. The van der Waals surface area contributed by atoms with Crippen molar-refractivity contribution in [1.29, 1.82) is 0 Å². The van der Waals surface area contributed by atoms with E-state index in [9.17, 15) is 18.0 Å². The van der Waals surface area contributed by atoms with Gasteiger partial charge in [0.25, 0.3) is 5.56 Å². The lowest BCUT2D eigenvalue weighted by molar-refractivity contribution is -0.139. The zero-order valence-corrected chi connectivity index (χ0v) is 14.1.